The lowest BCUT2D eigenvalue weighted by Gasteiger charge is -2.13. The maximum atomic E-state index is 2.47. The number of rotatable bonds is 6. The van der Waals surface area contributed by atoms with Crippen molar-refractivity contribution in [2.24, 2.45) is 0 Å². The van der Waals surface area contributed by atoms with E-state index in [9.17, 15) is 0 Å². The summed E-state index contributed by atoms with van der Waals surface area (Å²) in [5, 5.41) is 7.57. The van der Waals surface area contributed by atoms with Crippen LogP contribution in [0.4, 0.5) is 0 Å². The summed E-state index contributed by atoms with van der Waals surface area (Å²) in [6.07, 6.45) is 0. The van der Waals surface area contributed by atoms with Gasteiger partial charge in [0.05, 0.1) is 22.1 Å². The maximum Gasteiger partial charge on any atom is 0.0541 e. The minimum absolute atomic E-state index is 1.16. The fourth-order valence-corrected chi connectivity index (χ4v) is 11.1. The number of fused-ring (bicyclic) bond motifs is 9. The van der Waals surface area contributed by atoms with Crippen molar-refractivity contribution in [1.82, 2.24) is 9.13 Å². The van der Waals surface area contributed by atoms with Gasteiger partial charge in [-0.1, -0.05) is 164 Å². The Labute approximate surface area is 368 Å². The van der Waals surface area contributed by atoms with Crippen molar-refractivity contribution in [3.8, 4) is 55.9 Å². The van der Waals surface area contributed by atoms with Crippen LogP contribution < -0.4 is 0 Å². The van der Waals surface area contributed by atoms with Crippen molar-refractivity contribution < 1.29 is 0 Å². The summed E-state index contributed by atoms with van der Waals surface area (Å²) in [7, 11) is 0. The van der Waals surface area contributed by atoms with Crippen LogP contribution in [0.15, 0.2) is 231 Å². The fourth-order valence-electron chi connectivity index (χ4n) is 9.92. The Kier molecular flexibility index (Phi) is 8.12. The number of aromatic nitrogens is 2. The minimum Gasteiger partial charge on any atom is -0.309 e. The molecule has 13 aromatic rings. The van der Waals surface area contributed by atoms with Gasteiger partial charge in [-0.05, 0) is 106 Å². The molecular weight excluding hydrogens is 781 g/mol. The Morgan fingerprint density at radius 3 is 1.27 bits per heavy atom. The Morgan fingerprint density at radius 1 is 0.254 bits per heavy atom. The van der Waals surface area contributed by atoms with E-state index in [0.29, 0.717) is 0 Å². The van der Waals surface area contributed by atoms with Crippen LogP contribution in [0.3, 0.4) is 0 Å². The van der Waals surface area contributed by atoms with Crippen molar-refractivity contribution >= 4 is 75.1 Å². The Balaban J connectivity index is 0.955. The molecular formula is C60H38N2S. The molecule has 2 nitrogen and oxygen atoms in total. The van der Waals surface area contributed by atoms with Gasteiger partial charge in [-0.3, -0.25) is 0 Å². The number of para-hydroxylation sites is 2. The number of hydrogen-bond acceptors (Lipinski definition) is 1. The lowest BCUT2D eigenvalue weighted by molar-refractivity contribution is 1.18. The second kappa shape index (κ2) is 14.3. The first-order valence-corrected chi connectivity index (χ1v) is 22.4. The van der Waals surface area contributed by atoms with Crippen molar-refractivity contribution in [3.05, 3.63) is 231 Å². The highest BCUT2D eigenvalue weighted by atomic mass is 32.1. The molecule has 13 rings (SSSR count). The van der Waals surface area contributed by atoms with E-state index < -0.39 is 0 Å². The molecule has 0 spiro atoms. The number of benzene rings is 10. The number of hydrogen-bond donors (Lipinski definition) is 0. The predicted molar refractivity (Wildman–Crippen MR) is 270 cm³/mol. The van der Waals surface area contributed by atoms with Crippen molar-refractivity contribution in [3.63, 3.8) is 0 Å². The van der Waals surface area contributed by atoms with Gasteiger partial charge in [0.2, 0.25) is 0 Å². The zero-order chi connectivity index (χ0) is 41.4. The molecule has 0 unspecified atom stereocenters. The molecule has 0 aliphatic carbocycles. The third-order valence-electron chi connectivity index (χ3n) is 12.9. The molecule has 10 aromatic carbocycles. The highest BCUT2D eigenvalue weighted by Gasteiger charge is 2.19. The minimum atomic E-state index is 1.16. The van der Waals surface area contributed by atoms with Gasteiger partial charge in [0, 0.05) is 58.7 Å². The summed E-state index contributed by atoms with van der Waals surface area (Å²) >= 11 is 1.89. The molecule has 0 bridgehead atoms. The Bertz CT molecular complexity index is 3870. The van der Waals surface area contributed by atoms with E-state index in [1.54, 1.807) is 0 Å². The Hall–Kier alpha value is -7.98. The zero-order valence-corrected chi connectivity index (χ0v) is 35.1. The van der Waals surface area contributed by atoms with Crippen molar-refractivity contribution in [2.75, 3.05) is 0 Å². The standard InChI is InChI=1S/C60H38N2S/c1-3-13-39(14-4-1)41-23-25-43(26-24-41)51-37-47(38-54-50-19-9-12-22-59(50)63-60(51)54)62-56-21-11-8-18-49(56)53-36-45(30-34-58(53)62)44-29-33-57-52(35-44)48-17-7-10-20-55(48)61(57)46-31-27-42(28-32-46)40-15-5-2-6-16-40/h1-38H. The molecule has 3 heteroatoms. The summed E-state index contributed by atoms with van der Waals surface area (Å²) in [4.78, 5) is 0. The van der Waals surface area contributed by atoms with Gasteiger partial charge in [-0.25, -0.2) is 0 Å². The second-order valence-corrected chi connectivity index (χ2v) is 17.5. The SMILES string of the molecule is c1ccc(-c2ccc(-c3cc(-n4c5ccccc5c5cc(-c6ccc7c(c6)c6ccccc6n7-c6ccc(-c7ccccc7)cc6)ccc54)cc4c3sc3ccccc34)cc2)cc1. The van der Waals surface area contributed by atoms with Gasteiger partial charge < -0.3 is 9.13 Å². The molecule has 3 aromatic heterocycles. The first kappa shape index (κ1) is 35.7. The van der Waals surface area contributed by atoms with Crippen LogP contribution >= 0.6 is 11.3 Å². The summed E-state index contributed by atoms with van der Waals surface area (Å²) in [5.74, 6) is 0. The molecule has 0 saturated carbocycles. The van der Waals surface area contributed by atoms with E-state index in [2.05, 4.69) is 240 Å². The van der Waals surface area contributed by atoms with Crippen molar-refractivity contribution in [1.29, 1.82) is 0 Å². The highest BCUT2D eigenvalue weighted by Crippen LogP contribution is 2.44. The lowest BCUT2D eigenvalue weighted by atomic mass is 9.98. The van der Waals surface area contributed by atoms with Gasteiger partial charge in [0.25, 0.3) is 0 Å². The molecule has 0 fully saturated rings. The van der Waals surface area contributed by atoms with Crippen LogP contribution in [0.1, 0.15) is 0 Å². The molecule has 0 N–H and O–H groups in total. The number of nitrogens with zero attached hydrogens (tertiary/aromatic N) is 2. The summed E-state index contributed by atoms with van der Waals surface area (Å²) in [6, 6.07) is 84.6. The van der Waals surface area contributed by atoms with E-state index in [0.717, 1.165) is 11.4 Å². The first-order valence-electron chi connectivity index (χ1n) is 21.6. The van der Waals surface area contributed by atoms with E-state index >= 15 is 0 Å². The van der Waals surface area contributed by atoms with Crippen molar-refractivity contribution in [2.45, 2.75) is 0 Å². The fraction of sp³-hybridized carbons (Fsp3) is 0. The third kappa shape index (κ3) is 5.78. The van der Waals surface area contributed by atoms with E-state index in [-0.39, 0.29) is 0 Å². The van der Waals surface area contributed by atoms with Crippen LogP contribution in [-0.4, -0.2) is 9.13 Å². The van der Waals surface area contributed by atoms with Gasteiger partial charge in [0.15, 0.2) is 0 Å². The van der Waals surface area contributed by atoms with E-state index in [1.807, 2.05) is 11.3 Å². The lowest BCUT2D eigenvalue weighted by Crippen LogP contribution is -1.95. The third-order valence-corrected chi connectivity index (χ3v) is 14.2. The summed E-state index contributed by atoms with van der Waals surface area (Å²) in [6.45, 7) is 0. The molecule has 0 radical (unpaired) electrons. The average molecular weight is 819 g/mol. The molecule has 0 atom stereocenters. The molecule has 0 saturated heterocycles. The maximum absolute atomic E-state index is 2.47. The normalized spacial score (nSPS) is 11.8. The molecule has 3 heterocycles. The predicted octanol–water partition coefficient (Wildman–Crippen LogP) is 16.9. The molecule has 63 heavy (non-hydrogen) atoms. The quantitative estimate of drug-likeness (QED) is 0.158. The van der Waals surface area contributed by atoms with Crippen LogP contribution in [0.5, 0.6) is 0 Å². The van der Waals surface area contributed by atoms with Gasteiger partial charge in [-0.15, -0.1) is 11.3 Å². The first-order chi connectivity index (χ1) is 31.2. The van der Waals surface area contributed by atoms with Crippen LogP contribution in [-0.2, 0) is 0 Å². The molecule has 294 valence electrons. The monoisotopic (exact) mass is 818 g/mol. The Morgan fingerprint density at radius 2 is 0.683 bits per heavy atom. The van der Waals surface area contributed by atoms with Gasteiger partial charge in [-0.2, -0.15) is 0 Å². The number of thiophene rings is 1. The molecule has 0 aliphatic rings. The van der Waals surface area contributed by atoms with Crippen LogP contribution in [0.2, 0.25) is 0 Å². The topological polar surface area (TPSA) is 9.86 Å². The average Bonchev–Trinajstić information content (AvgIpc) is 4.02. The van der Waals surface area contributed by atoms with Gasteiger partial charge in [0.1, 0.15) is 0 Å². The zero-order valence-electron chi connectivity index (χ0n) is 34.2. The summed E-state index contributed by atoms with van der Waals surface area (Å²) < 4.78 is 7.50. The van der Waals surface area contributed by atoms with Crippen LogP contribution in [0.25, 0.3) is 120 Å². The largest absolute Gasteiger partial charge is 0.309 e. The molecule has 0 amide bonds. The molecule has 0 aliphatic heterocycles. The van der Waals surface area contributed by atoms with E-state index in [4.69, 9.17) is 0 Å². The second-order valence-electron chi connectivity index (χ2n) is 16.5. The smallest absolute Gasteiger partial charge is 0.0541 e. The van der Waals surface area contributed by atoms with Gasteiger partial charge >= 0.3 is 0 Å². The van der Waals surface area contributed by atoms with E-state index in [1.165, 1.54) is 108 Å². The highest BCUT2D eigenvalue weighted by molar-refractivity contribution is 7.26. The van der Waals surface area contributed by atoms with Crippen LogP contribution in [0, 0.1) is 0 Å². The summed E-state index contributed by atoms with van der Waals surface area (Å²) in [5.41, 5.74) is 16.9.